The molecule has 4 rings (SSSR count). The minimum Gasteiger partial charge on any atom is -0.339 e. The summed E-state index contributed by atoms with van der Waals surface area (Å²) in [5, 5.41) is 7.94. The van der Waals surface area contributed by atoms with Gasteiger partial charge < -0.3 is 4.90 Å². The molecule has 144 valence electrons. The van der Waals surface area contributed by atoms with Crippen molar-refractivity contribution in [2.75, 3.05) is 12.3 Å². The van der Waals surface area contributed by atoms with Crippen LogP contribution in [-0.2, 0) is 11.2 Å². The number of nitrogens with zero attached hydrogens (tertiary/aromatic N) is 3. The van der Waals surface area contributed by atoms with Gasteiger partial charge in [-0.3, -0.25) is 9.89 Å². The first-order valence-electron chi connectivity index (χ1n) is 10.2. The molecule has 1 saturated heterocycles. The molecule has 2 aliphatic rings. The number of carbonyl (C=O) groups is 1. The molecule has 1 N–H and O–H groups in total. The van der Waals surface area contributed by atoms with Crippen LogP contribution in [0, 0.1) is 5.92 Å². The molecule has 6 heteroatoms. The predicted octanol–water partition coefficient (Wildman–Crippen LogP) is 4.31. The minimum absolute atomic E-state index is 0.246. The van der Waals surface area contributed by atoms with Crippen molar-refractivity contribution >= 4 is 17.7 Å². The number of H-pyrrole nitrogens is 1. The Labute approximate surface area is 165 Å². The lowest BCUT2D eigenvalue weighted by Gasteiger charge is -2.44. The van der Waals surface area contributed by atoms with E-state index in [-0.39, 0.29) is 5.91 Å². The third-order valence-electron chi connectivity index (χ3n) is 5.99. The summed E-state index contributed by atoms with van der Waals surface area (Å²) in [5.41, 5.74) is 2.33. The average molecular weight is 385 g/mol. The molecule has 2 fully saturated rings. The molecule has 0 unspecified atom stereocenters. The number of aryl methyl sites for hydroxylation is 1. The molecule has 27 heavy (non-hydrogen) atoms. The van der Waals surface area contributed by atoms with Crippen LogP contribution in [0.1, 0.15) is 51.0 Å². The van der Waals surface area contributed by atoms with Crippen molar-refractivity contribution in [1.29, 1.82) is 0 Å². The number of hydrogen-bond acceptors (Lipinski definition) is 4. The number of amides is 1. The van der Waals surface area contributed by atoms with E-state index in [2.05, 4.69) is 51.3 Å². The van der Waals surface area contributed by atoms with Gasteiger partial charge in [-0.05, 0) is 43.6 Å². The molecule has 5 nitrogen and oxygen atoms in total. The fraction of sp³-hybridized carbons (Fsp3) is 0.571. The van der Waals surface area contributed by atoms with E-state index in [9.17, 15) is 4.79 Å². The normalized spacial score (nSPS) is 22.5. The molecule has 1 aromatic carbocycles. The van der Waals surface area contributed by atoms with Gasteiger partial charge >= 0.3 is 0 Å². The van der Waals surface area contributed by atoms with Gasteiger partial charge in [0.1, 0.15) is 0 Å². The molecule has 1 aliphatic carbocycles. The van der Waals surface area contributed by atoms with E-state index in [4.69, 9.17) is 0 Å². The highest BCUT2D eigenvalue weighted by molar-refractivity contribution is 7.99. The number of rotatable bonds is 5. The first kappa shape index (κ1) is 18.5. The van der Waals surface area contributed by atoms with Crippen molar-refractivity contribution in [3.8, 4) is 11.4 Å². The van der Waals surface area contributed by atoms with Gasteiger partial charge in [-0.1, -0.05) is 55.8 Å². The zero-order valence-electron chi connectivity index (χ0n) is 16.0. The van der Waals surface area contributed by atoms with Crippen LogP contribution < -0.4 is 0 Å². The summed E-state index contributed by atoms with van der Waals surface area (Å²) >= 11 is 1.44. The van der Waals surface area contributed by atoms with E-state index < -0.39 is 0 Å². The second-order valence-electron chi connectivity index (χ2n) is 7.65. The van der Waals surface area contributed by atoms with E-state index in [0.717, 1.165) is 36.7 Å². The molecule has 1 aliphatic heterocycles. The maximum absolute atomic E-state index is 12.8. The number of likely N-dealkylation sites (tertiary alicyclic amines) is 1. The van der Waals surface area contributed by atoms with Gasteiger partial charge in [0.25, 0.3) is 0 Å². The third-order valence-corrected chi connectivity index (χ3v) is 6.82. The largest absolute Gasteiger partial charge is 0.339 e. The lowest BCUT2D eigenvalue weighted by Crippen LogP contribution is -2.50. The number of carbonyl (C=O) groups excluding carboxylic acids is 1. The van der Waals surface area contributed by atoms with Crippen molar-refractivity contribution < 1.29 is 4.79 Å². The highest BCUT2D eigenvalue weighted by Crippen LogP contribution is 2.35. The number of thioether (sulfide) groups is 1. The molecular formula is C21H28N4OS. The Bertz CT molecular complexity index is 771. The molecule has 2 aromatic rings. The molecule has 2 heterocycles. The van der Waals surface area contributed by atoms with Crippen LogP contribution in [0.2, 0.25) is 0 Å². The first-order chi connectivity index (χ1) is 13.2. The van der Waals surface area contributed by atoms with Crippen molar-refractivity contribution in [2.24, 2.45) is 5.92 Å². The van der Waals surface area contributed by atoms with Crippen molar-refractivity contribution in [3.05, 3.63) is 29.8 Å². The third kappa shape index (κ3) is 4.21. The second kappa shape index (κ2) is 8.46. The number of aromatic amines is 1. The van der Waals surface area contributed by atoms with Crippen LogP contribution in [-0.4, -0.2) is 44.3 Å². The quantitative estimate of drug-likeness (QED) is 0.781. The molecule has 0 bridgehead atoms. The van der Waals surface area contributed by atoms with Crippen LogP contribution in [0.5, 0.6) is 0 Å². The van der Waals surface area contributed by atoms with Gasteiger partial charge in [0.2, 0.25) is 11.1 Å². The number of benzene rings is 1. The summed E-state index contributed by atoms with van der Waals surface area (Å²) in [6.07, 6.45) is 8.54. The predicted molar refractivity (Wildman–Crippen MR) is 109 cm³/mol. The van der Waals surface area contributed by atoms with Crippen LogP contribution in [0.4, 0.5) is 0 Å². The molecule has 0 spiro atoms. The van der Waals surface area contributed by atoms with E-state index >= 15 is 0 Å². The van der Waals surface area contributed by atoms with Crippen molar-refractivity contribution in [1.82, 2.24) is 20.1 Å². The van der Waals surface area contributed by atoms with Gasteiger partial charge in [-0.2, -0.15) is 0 Å². The number of aromatic nitrogens is 3. The number of nitrogens with one attached hydrogen (secondary N) is 1. The maximum Gasteiger partial charge on any atom is 0.233 e. The molecule has 0 radical (unpaired) electrons. The number of fused-ring (bicyclic) bond motifs is 1. The maximum atomic E-state index is 12.8. The van der Waals surface area contributed by atoms with Crippen LogP contribution in [0.15, 0.2) is 29.4 Å². The van der Waals surface area contributed by atoms with E-state index in [1.807, 2.05) is 0 Å². The Kier molecular flexibility index (Phi) is 5.81. The molecule has 1 saturated carbocycles. The van der Waals surface area contributed by atoms with E-state index in [1.54, 1.807) is 0 Å². The van der Waals surface area contributed by atoms with Crippen LogP contribution >= 0.6 is 11.8 Å². The highest BCUT2D eigenvalue weighted by Gasteiger charge is 2.35. The summed E-state index contributed by atoms with van der Waals surface area (Å²) in [7, 11) is 0. The SMILES string of the molecule is CCc1ccc(-c2nc(SCC(=O)N3CCC[C@H]4CCCC[C@@H]43)n[nH]2)cc1. The number of piperidine rings is 1. The second-order valence-corrected chi connectivity index (χ2v) is 8.59. The fourth-order valence-electron chi connectivity index (χ4n) is 4.48. The highest BCUT2D eigenvalue weighted by atomic mass is 32.2. The van der Waals surface area contributed by atoms with Gasteiger partial charge in [0.05, 0.1) is 5.75 Å². The molecule has 2 atom stereocenters. The Balaban J connectivity index is 1.35. The lowest BCUT2D eigenvalue weighted by molar-refractivity contribution is -0.134. The van der Waals surface area contributed by atoms with Crippen LogP contribution in [0.3, 0.4) is 0 Å². The standard InChI is InChI=1S/C21H28N4OS/c1-2-15-9-11-17(12-10-15)20-22-21(24-23-20)27-14-19(26)25-13-5-7-16-6-3-4-8-18(16)25/h9-12,16,18H,2-8,13-14H2,1H3,(H,22,23,24)/t16-,18+/m1/s1. The van der Waals surface area contributed by atoms with Gasteiger partial charge in [-0.15, -0.1) is 5.10 Å². The zero-order valence-corrected chi connectivity index (χ0v) is 16.8. The fourth-order valence-corrected chi connectivity index (χ4v) is 5.17. The van der Waals surface area contributed by atoms with E-state index in [0.29, 0.717) is 17.0 Å². The smallest absolute Gasteiger partial charge is 0.233 e. The molecule has 1 aromatic heterocycles. The molecular weight excluding hydrogens is 356 g/mol. The molecule has 1 amide bonds. The Morgan fingerprint density at radius 3 is 2.78 bits per heavy atom. The Morgan fingerprint density at radius 1 is 1.19 bits per heavy atom. The minimum atomic E-state index is 0.246. The van der Waals surface area contributed by atoms with Gasteiger partial charge in [0.15, 0.2) is 5.82 Å². The monoisotopic (exact) mass is 384 g/mol. The summed E-state index contributed by atoms with van der Waals surface area (Å²) in [6.45, 7) is 3.07. The van der Waals surface area contributed by atoms with Crippen molar-refractivity contribution in [2.45, 2.75) is 63.1 Å². The summed E-state index contributed by atoms with van der Waals surface area (Å²) in [5.74, 6) is 2.16. The Morgan fingerprint density at radius 2 is 1.96 bits per heavy atom. The van der Waals surface area contributed by atoms with E-state index in [1.165, 1.54) is 49.4 Å². The van der Waals surface area contributed by atoms with Gasteiger partial charge in [-0.25, -0.2) is 4.98 Å². The Hall–Kier alpha value is -1.82. The topological polar surface area (TPSA) is 61.9 Å². The van der Waals surface area contributed by atoms with Gasteiger partial charge in [0, 0.05) is 18.2 Å². The average Bonchev–Trinajstić information content (AvgIpc) is 3.20. The van der Waals surface area contributed by atoms with Crippen LogP contribution in [0.25, 0.3) is 11.4 Å². The summed E-state index contributed by atoms with van der Waals surface area (Å²) in [6, 6.07) is 8.84. The number of hydrogen-bond donors (Lipinski definition) is 1. The van der Waals surface area contributed by atoms with Crippen molar-refractivity contribution in [3.63, 3.8) is 0 Å². The summed E-state index contributed by atoms with van der Waals surface area (Å²) < 4.78 is 0. The first-order valence-corrected chi connectivity index (χ1v) is 11.2. The lowest BCUT2D eigenvalue weighted by atomic mass is 9.78. The summed E-state index contributed by atoms with van der Waals surface area (Å²) in [4.78, 5) is 19.5. The zero-order chi connectivity index (χ0) is 18.6.